The maximum absolute atomic E-state index is 13.7. The van der Waals surface area contributed by atoms with Crippen molar-refractivity contribution in [3.63, 3.8) is 0 Å². The molecule has 2 N–H and O–H groups in total. The van der Waals surface area contributed by atoms with E-state index in [2.05, 4.69) is 31.3 Å². The molecular weight excluding hydrogens is 413 g/mol. The zero-order valence-corrected chi connectivity index (χ0v) is 18.9. The van der Waals surface area contributed by atoms with Crippen molar-refractivity contribution in [2.75, 3.05) is 0 Å². The van der Waals surface area contributed by atoms with Gasteiger partial charge in [0.05, 0.1) is 5.56 Å². The predicted octanol–water partition coefficient (Wildman–Crippen LogP) is 6.02. The highest BCUT2D eigenvalue weighted by atomic mass is 32.1. The van der Waals surface area contributed by atoms with Gasteiger partial charge < -0.3 is 10.4 Å². The number of benzene rings is 1. The van der Waals surface area contributed by atoms with Crippen molar-refractivity contribution in [3.8, 4) is 0 Å². The third-order valence-corrected chi connectivity index (χ3v) is 8.51. The van der Waals surface area contributed by atoms with Crippen LogP contribution in [0.2, 0.25) is 0 Å². The number of thiophene rings is 1. The van der Waals surface area contributed by atoms with Crippen LogP contribution < -0.4 is 5.32 Å². The van der Waals surface area contributed by atoms with Crippen molar-refractivity contribution >= 4 is 33.3 Å². The zero-order chi connectivity index (χ0) is 22.2. The van der Waals surface area contributed by atoms with E-state index in [9.17, 15) is 14.0 Å². The average Bonchev–Trinajstić information content (AvgIpc) is 3.13. The number of aliphatic carboxylic acids is 1. The Kier molecular flexibility index (Phi) is 6.20. The summed E-state index contributed by atoms with van der Waals surface area (Å²) in [4.78, 5) is 23.8. The van der Waals surface area contributed by atoms with Crippen LogP contribution in [0.3, 0.4) is 0 Å². The molecule has 1 aromatic heterocycles. The molecule has 166 valence electrons. The van der Waals surface area contributed by atoms with Gasteiger partial charge in [-0.25, -0.2) is 4.39 Å². The number of carbonyl (C=O) groups is 2. The number of hydrogen-bond acceptors (Lipinski definition) is 3. The molecule has 1 amide bonds. The average molecular weight is 444 g/mol. The molecule has 0 aliphatic heterocycles. The molecule has 5 rings (SSSR count). The van der Waals surface area contributed by atoms with Gasteiger partial charge in [-0.05, 0) is 73.5 Å². The Bertz CT molecular complexity index is 1010. The summed E-state index contributed by atoms with van der Waals surface area (Å²) in [5, 5.41) is 14.6. The van der Waals surface area contributed by atoms with Gasteiger partial charge in [-0.1, -0.05) is 26.0 Å². The number of carboxylic acids is 1. The summed E-state index contributed by atoms with van der Waals surface area (Å²) >= 11 is 1.47. The van der Waals surface area contributed by atoms with Crippen LogP contribution in [-0.2, 0) is 4.79 Å². The topological polar surface area (TPSA) is 66.4 Å². The van der Waals surface area contributed by atoms with Crippen molar-refractivity contribution in [2.45, 2.75) is 58.4 Å². The Morgan fingerprint density at radius 1 is 1.29 bits per heavy atom. The third kappa shape index (κ3) is 4.40. The molecule has 4 atom stereocenters. The molecule has 1 heterocycles. The number of unbranched alkanes of at least 4 members (excludes halogenated alkanes) is 1. The van der Waals surface area contributed by atoms with Crippen LogP contribution in [0, 0.1) is 29.0 Å². The maximum Gasteiger partial charge on any atom is 0.303 e. The fraction of sp³-hybridized carbons (Fsp3) is 0.520. The number of nitrogens with one attached hydrogen (secondary N) is 1. The van der Waals surface area contributed by atoms with Crippen LogP contribution in [0.15, 0.2) is 35.7 Å². The Balaban J connectivity index is 1.45. The first-order valence-corrected chi connectivity index (χ1v) is 12.0. The van der Waals surface area contributed by atoms with Crippen LogP contribution in [-0.4, -0.2) is 23.0 Å². The van der Waals surface area contributed by atoms with Crippen molar-refractivity contribution in [1.82, 2.24) is 5.32 Å². The first-order chi connectivity index (χ1) is 14.8. The van der Waals surface area contributed by atoms with E-state index in [0.29, 0.717) is 40.5 Å². The maximum atomic E-state index is 13.7. The lowest BCUT2D eigenvalue weighted by atomic mass is 9.44. The lowest BCUT2D eigenvalue weighted by Crippen LogP contribution is -2.61. The second-order valence-electron chi connectivity index (χ2n) is 9.62. The number of carboxylic acid groups (broad SMARTS) is 1. The summed E-state index contributed by atoms with van der Waals surface area (Å²) in [5.41, 5.74) is 0.849. The SMILES string of the molecule is CC1(C)[C@H]2C[C@@H]1[C@@H](CC=CCCCC(=O)O)[C@H](NC(=O)c1csc3ccc(F)cc13)C2. The standard InChI is InChI=1S/C25H30FNO3S/c1-25(2)15-11-20(25)17(7-5-3-4-6-8-23(28)29)21(12-15)27-24(30)19-14-31-22-10-9-16(26)13-18(19)22/h3,5,9-10,13-15,17,20-21H,4,6-8,11-12H2,1-2H3,(H,27,30)(H,28,29)/t15-,17+,20+,21+/m0/s1. The van der Waals surface area contributed by atoms with E-state index >= 15 is 0 Å². The van der Waals surface area contributed by atoms with Gasteiger partial charge in [-0.3, -0.25) is 9.59 Å². The predicted molar refractivity (Wildman–Crippen MR) is 122 cm³/mol. The molecule has 6 heteroatoms. The Morgan fingerprint density at radius 3 is 2.84 bits per heavy atom. The van der Waals surface area contributed by atoms with Crippen molar-refractivity contribution in [2.24, 2.45) is 23.2 Å². The van der Waals surface area contributed by atoms with Crippen molar-refractivity contribution < 1.29 is 19.1 Å². The quantitative estimate of drug-likeness (QED) is 0.387. The van der Waals surface area contributed by atoms with Gasteiger partial charge >= 0.3 is 5.97 Å². The van der Waals surface area contributed by atoms with Gasteiger partial charge in [0.2, 0.25) is 0 Å². The normalized spacial score (nSPS) is 26.7. The van der Waals surface area contributed by atoms with Crippen LogP contribution in [0.1, 0.15) is 62.7 Å². The second-order valence-corrected chi connectivity index (χ2v) is 10.5. The number of amides is 1. The van der Waals surface area contributed by atoms with E-state index in [-0.39, 0.29) is 24.2 Å². The number of carbonyl (C=O) groups excluding carboxylic acids is 1. The number of allylic oxidation sites excluding steroid dienone is 2. The van der Waals surface area contributed by atoms with Gasteiger partial charge in [0.15, 0.2) is 0 Å². The summed E-state index contributed by atoms with van der Waals surface area (Å²) in [7, 11) is 0. The smallest absolute Gasteiger partial charge is 0.303 e. The Labute approximate surface area is 186 Å². The van der Waals surface area contributed by atoms with Gasteiger partial charge in [0.1, 0.15) is 5.82 Å². The minimum Gasteiger partial charge on any atom is -0.481 e. The monoisotopic (exact) mass is 443 g/mol. The van der Waals surface area contributed by atoms with E-state index in [1.807, 2.05) is 5.38 Å². The van der Waals surface area contributed by atoms with Crippen molar-refractivity contribution in [1.29, 1.82) is 0 Å². The minimum atomic E-state index is -0.758. The second kappa shape index (κ2) is 8.73. The number of halogens is 1. The first-order valence-electron chi connectivity index (χ1n) is 11.1. The lowest BCUT2D eigenvalue weighted by Gasteiger charge is -2.62. The van der Waals surface area contributed by atoms with E-state index in [1.165, 1.54) is 29.9 Å². The Hall–Kier alpha value is -2.21. The molecule has 3 saturated carbocycles. The summed E-state index contributed by atoms with van der Waals surface area (Å²) in [6, 6.07) is 4.70. The molecule has 2 aromatic rings. The largest absolute Gasteiger partial charge is 0.481 e. The number of rotatable bonds is 8. The highest BCUT2D eigenvalue weighted by Gasteiger charge is 2.57. The highest BCUT2D eigenvalue weighted by molar-refractivity contribution is 7.17. The van der Waals surface area contributed by atoms with E-state index in [4.69, 9.17) is 5.11 Å². The summed E-state index contributed by atoms with van der Waals surface area (Å²) < 4.78 is 14.6. The molecule has 0 unspecified atom stereocenters. The lowest BCUT2D eigenvalue weighted by molar-refractivity contribution is -0.137. The fourth-order valence-corrected chi connectivity index (χ4v) is 6.53. The molecule has 4 nitrogen and oxygen atoms in total. The molecule has 3 fully saturated rings. The van der Waals surface area contributed by atoms with E-state index in [0.717, 1.165) is 24.0 Å². The van der Waals surface area contributed by atoms with Crippen molar-refractivity contribution in [3.05, 3.63) is 47.1 Å². The van der Waals surface area contributed by atoms with Gasteiger partial charge in [0.25, 0.3) is 5.91 Å². The van der Waals surface area contributed by atoms with Crippen LogP contribution >= 0.6 is 11.3 Å². The van der Waals surface area contributed by atoms with Crippen LogP contribution in [0.4, 0.5) is 4.39 Å². The third-order valence-electron chi connectivity index (χ3n) is 7.55. The van der Waals surface area contributed by atoms with Gasteiger partial charge in [-0.15, -0.1) is 11.3 Å². The molecule has 0 saturated heterocycles. The molecule has 0 radical (unpaired) electrons. The summed E-state index contributed by atoms with van der Waals surface area (Å²) in [6.07, 6.45) is 8.92. The number of hydrogen-bond donors (Lipinski definition) is 2. The highest BCUT2D eigenvalue weighted by Crippen LogP contribution is 2.62. The number of fused-ring (bicyclic) bond motifs is 3. The van der Waals surface area contributed by atoms with Gasteiger partial charge in [0, 0.05) is 27.9 Å². The fourth-order valence-electron chi connectivity index (χ4n) is 5.60. The summed E-state index contributed by atoms with van der Waals surface area (Å²) in [6.45, 7) is 4.67. The molecule has 31 heavy (non-hydrogen) atoms. The first kappa shape index (κ1) is 22.0. The summed E-state index contributed by atoms with van der Waals surface area (Å²) in [5.74, 6) is 0.350. The molecule has 1 aromatic carbocycles. The molecular formula is C25H30FNO3S. The van der Waals surface area contributed by atoms with Crippen LogP contribution in [0.25, 0.3) is 10.1 Å². The van der Waals surface area contributed by atoms with Crippen LogP contribution in [0.5, 0.6) is 0 Å². The van der Waals surface area contributed by atoms with E-state index in [1.54, 1.807) is 6.07 Å². The Morgan fingerprint density at radius 2 is 2.10 bits per heavy atom. The molecule has 0 spiro atoms. The van der Waals surface area contributed by atoms with E-state index < -0.39 is 5.97 Å². The minimum absolute atomic E-state index is 0.108. The zero-order valence-electron chi connectivity index (χ0n) is 18.1. The molecule has 2 bridgehead atoms. The molecule has 3 aliphatic carbocycles. The van der Waals surface area contributed by atoms with Gasteiger partial charge in [-0.2, -0.15) is 0 Å². The molecule has 3 aliphatic rings.